The number of amides is 2. The van der Waals surface area contributed by atoms with E-state index in [1.54, 1.807) is 0 Å². The third-order valence-corrected chi connectivity index (χ3v) is 8.14. The number of carboxylic acid groups (broad SMARTS) is 1. The predicted octanol–water partition coefficient (Wildman–Crippen LogP) is 2.73. The van der Waals surface area contributed by atoms with E-state index in [2.05, 4.69) is 10.6 Å². The Labute approximate surface area is 173 Å². The first-order valence-electron chi connectivity index (χ1n) is 10.7. The minimum atomic E-state index is -0.981. The van der Waals surface area contributed by atoms with E-state index in [0.29, 0.717) is 23.4 Å². The lowest BCUT2D eigenvalue weighted by atomic mass is 9.79. The molecule has 0 radical (unpaired) electrons. The molecule has 0 unspecified atom stereocenters. The quantitative estimate of drug-likeness (QED) is 0.682. The van der Waals surface area contributed by atoms with Crippen molar-refractivity contribution in [1.82, 2.24) is 5.32 Å². The minimum Gasteiger partial charge on any atom is -0.481 e. The summed E-state index contributed by atoms with van der Waals surface area (Å²) >= 11 is 1.47. The molecular formula is C21H26N2O5S. The van der Waals surface area contributed by atoms with Crippen LogP contribution in [-0.2, 0) is 27.2 Å². The van der Waals surface area contributed by atoms with Crippen LogP contribution in [0, 0.1) is 11.8 Å². The molecule has 3 heterocycles. The van der Waals surface area contributed by atoms with Crippen LogP contribution >= 0.6 is 11.3 Å². The number of hydrogen-bond donors (Lipinski definition) is 3. The van der Waals surface area contributed by atoms with Gasteiger partial charge in [-0.25, -0.2) is 0 Å². The number of thiophene rings is 1. The van der Waals surface area contributed by atoms with Gasteiger partial charge in [-0.3, -0.25) is 14.4 Å². The molecular weight excluding hydrogens is 392 g/mol. The fourth-order valence-corrected chi connectivity index (χ4v) is 6.87. The number of carbonyl (C=O) groups is 3. The zero-order valence-corrected chi connectivity index (χ0v) is 17.1. The lowest BCUT2D eigenvalue weighted by Gasteiger charge is -2.24. The van der Waals surface area contributed by atoms with Crippen molar-refractivity contribution in [3.8, 4) is 0 Å². The van der Waals surface area contributed by atoms with E-state index in [0.717, 1.165) is 55.4 Å². The summed E-state index contributed by atoms with van der Waals surface area (Å²) < 4.78 is 5.73. The summed E-state index contributed by atoms with van der Waals surface area (Å²) in [5, 5.41) is 16.2. The monoisotopic (exact) mass is 418 g/mol. The first-order chi connectivity index (χ1) is 14.0. The van der Waals surface area contributed by atoms with E-state index >= 15 is 0 Å². The van der Waals surface area contributed by atoms with Crippen LogP contribution in [0.5, 0.6) is 0 Å². The normalized spacial score (nSPS) is 30.5. The molecule has 4 aliphatic rings. The zero-order chi connectivity index (χ0) is 20.1. The number of carboxylic acids is 1. The van der Waals surface area contributed by atoms with Gasteiger partial charge in [-0.05, 0) is 50.5 Å². The summed E-state index contributed by atoms with van der Waals surface area (Å²) in [6.45, 7) is 0. The zero-order valence-electron chi connectivity index (χ0n) is 16.2. The van der Waals surface area contributed by atoms with Crippen LogP contribution in [0.25, 0.3) is 0 Å². The Kier molecular flexibility index (Phi) is 4.86. The summed E-state index contributed by atoms with van der Waals surface area (Å²) in [7, 11) is 0. The summed E-state index contributed by atoms with van der Waals surface area (Å²) in [5.41, 5.74) is 1.65. The van der Waals surface area contributed by atoms with Crippen LogP contribution in [-0.4, -0.2) is 41.1 Å². The molecule has 2 aliphatic carbocycles. The predicted molar refractivity (Wildman–Crippen MR) is 107 cm³/mol. The number of rotatable bonds is 5. The fourth-order valence-electron chi connectivity index (χ4n) is 5.58. The molecule has 156 valence electrons. The summed E-state index contributed by atoms with van der Waals surface area (Å²) in [6.07, 6.45) is 7.75. The van der Waals surface area contributed by atoms with Gasteiger partial charge in [0.15, 0.2) is 0 Å². The van der Waals surface area contributed by atoms with E-state index in [9.17, 15) is 19.5 Å². The highest BCUT2D eigenvalue weighted by molar-refractivity contribution is 7.17. The molecule has 1 aromatic heterocycles. The molecule has 2 aliphatic heterocycles. The third-order valence-electron chi connectivity index (χ3n) is 6.94. The van der Waals surface area contributed by atoms with E-state index < -0.39 is 17.8 Å². The van der Waals surface area contributed by atoms with Gasteiger partial charge < -0.3 is 20.5 Å². The van der Waals surface area contributed by atoms with Crippen molar-refractivity contribution in [2.24, 2.45) is 11.8 Å². The van der Waals surface area contributed by atoms with Crippen molar-refractivity contribution in [2.75, 3.05) is 5.32 Å². The van der Waals surface area contributed by atoms with Gasteiger partial charge in [0.25, 0.3) is 5.91 Å². The van der Waals surface area contributed by atoms with Crippen LogP contribution in [0.3, 0.4) is 0 Å². The molecule has 7 nitrogen and oxygen atoms in total. The Morgan fingerprint density at radius 1 is 0.966 bits per heavy atom. The maximum Gasteiger partial charge on any atom is 0.310 e. The highest BCUT2D eigenvalue weighted by atomic mass is 32.1. The highest BCUT2D eigenvalue weighted by Crippen LogP contribution is 2.45. The molecule has 1 aromatic rings. The van der Waals surface area contributed by atoms with Crippen LogP contribution in [0.1, 0.15) is 65.7 Å². The lowest BCUT2D eigenvalue weighted by molar-refractivity contribution is -0.147. The van der Waals surface area contributed by atoms with Crippen LogP contribution in [0.4, 0.5) is 5.00 Å². The fraction of sp³-hybridized carbons (Fsp3) is 0.667. The second-order valence-electron chi connectivity index (χ2n) is 8.69. The molecule has 2 amide bonds. The SMILES string of the molecule is O=C(NC1CCCC1)c1c(NC(=O)[C@@H]2[C@@H](C(=O)O)[C@@H]3CC[C@@H]2O3)sc2c1CCC2. The Morgan fingerprint density at radius 2 is 1.69 bits per heavy atom. The second-order valence-corrected chi connectivity index (χ2v) is 9.79. The van der Waals surface area contributed by atoms with Crippen molar-refractivity contribution in [2.45, 2.75) is 76.0 Å². The molecule has 0 spiro atoms. The maximum atomic E-state index is 13.1. The average molecular weight is 419 g/mol. The smallest absolute Gasteiger partial charge is 0.310 e. The first kappa shape index (κ1) is 19.1. The highest BCUT2D eigenvalue weighted by Gasteiger charge is 2.55. The molecule has 5 rings (SSSR count). The van der Waals surface area contributed by atoms with Crippen molar-refractivity contribution in [3.05, 3.63) is 16.0 Å². The Bertz CT molecular complexity index is 859. The van der Waals surface area contributed by atoms with Gasteiger partial charge in [-0.15, -0.1) is 11.3 Å². The molecule has 3 N–H and O–H groups in total. The van der Waals surface area contributed by atoms with Crippen LogP contribution in [0.15, 0.2) is 0 Å². The van der Waals surface area contributed by atoms with Crippen molar-refractivity contribution in [3.63, 3.8) is 0 Å². The van der Waals surface area contributed by atoms with Gasteiger partial charge >= 0.3 is 5.97 Å². The number of aliphatic carboxylic acids is 1. The first-order valence-corrected chi connectivity index (χ1v) is 11.5. The molecule has 1 saturated carbocycles. The minimum absolute atomic E-state index is 0.106. The van der Waals surface area contributed by atoms with Crippen molar-refractivity contribution >= 4 is 34.1 Å². The van der Waals surface area contributed by atoms with E-state index in [-0.39, 0.29) is 30.1 Å². The molecule has 0 aromatic carbocycles. The van der Waals surface area contributed by atoms with Gasteiger partial charge in [-0.2, -0.15) is 0 Å². The third kappa shape index (κ3) is 3.26. The largest absolute Gasteiger partial charge is 0.481 e. The number of nitrogens with one attached hydrogen (secondary N) is 2. The van der Waals surface area contributed by atoms with Crippen LogP contribution < -0.4 is 10.6 Å². The topological polar surface area (TPSA) is 105 Å². The summed E-state index contributed by atoms with van der Waals surface area (Å²) in [6, 6.07) is 0.207. The molecule has 2 bridgehead atoms. The number of ether oxygens (including phenoxy) is 1. The van der Waals surface area contributed by atoms with Gasteiger partial charge in [0.1, 0.15) is 5.00 Å². The van der Waals surface area contributed by atoms with E-state index in [4.69, 9.17) is 4.74 Å². The number of aryl methyl sites for hydroxylation is 1. The second kappa shape index (κ2) is 7.40. The van der Waals surface area contributed by atoms with Gasteiger partial charge in [-0.1, -0.05) is 12.8 Å². The summed E-state index contributed by atoms with van der Waals surface area (Å²) in [5.74, 6) is -2.93. The molecule has 2 saturated heterocycles. The van der Waals surface area contributed by atoms with Crippen LogP contribution in [0.2, 0.25) is 0 Å². The number of carbonyl (C=O) groups excluding carboxylic acids is 2. The average Bonchev–Trinajstić information content (AvgIpc) is 3.46. The van der Waals surface area contributed by atoms with Gasteiger partial charge in [0.2, 0.25) is 5.91 Å². The van der Waals surface area contributed by atoms with E-state index in [1.165, 1.54) is 11.3 Å². The molecule has 29 heavy (non-hydrogen) atoms. The molecule has 4 atom stereocenters. The maximum absolute atomic E-state index is 13.1. The standard InChI is InChI=1S/C21H26N2O5S/c24-18(22-10-4-1-2-5-10)15-11-6-3-7-14(11)29-20(15)23-19(25)16-12-8-9-13(28-12)17(16)21(26)27/h10,12-13,16-17H,1-9H2,(H,22,24)(H,23,25)(H,26,27)/t12-,13-,16-,17-/m0/s1. The number of fused-ring (bicyclic) bond motifs is 3. The van der Waals surface area contributed by atoms with Crippen molar-refractivity contribution in [1.29, 1.82) is 0 Å². The van der Waals surface area contributed by atoms with Crippen molar-refractivity contribution < 1.29 is 24.2 Å². The molecule has 3 fully saturated rings. The number of hydrogen-bond acceptors (Lipinski definition) is 5. The Morgan fingerprint density at radius 3 is 2.41 bits per heavy atom. The number of anilines is 1. The summed E-state index contributed by atoms with van der Waals surface area (Å²) in [4.78, 5) is 39.0. The van der Waals surface area contributed by atoms with E-state index in [1.807, 2.05) is 0 Å². The molecule has 8 heteroatoms. The van der Waals surface area contributed by atoms with Gasteiger partial charge in [0, 0.05) is 10.9 Å². The van der Waals surface area contributed by atoms with Gasteiger partial charge in [0.05, 0.1) is 29.6 Å². The lowest BCUT2D eigenvalue weighted by Crippen LogP contribution is -2.41. The Hall–Kier alpha value is -1.93. The Balaban J connectivity index is 1.39.